The predicted octanol–water partition coefficient (Wildman–Crippen LogP) is 0.979. The van der Waals surface area contributed by atoms with Crippen LogP contribution in [0, 0.1) is 5.82 Å². The molecule has 0 aliphatic carbocycles. The van der Waals surface area contributed by atoms with E-state index in [-0.39, 0.29) is 24.2 Å². The van der Waals surface area contributed by atoms with Gasteiger partial charge in [0, 0.05) is 33.3 Å². The van der Waals surface area contributed by atoms with E-state index in [9.17, 15) is 12.8 Å². The van der Waals surface area contributed by atoms with Gasteiger partial charge in [0.05, 0.1) is 11.9 Å². The van der Waals surface area contributed by atoms with E-state index in [1.54, 1.807) is 19.2 Å². The van der Waals surface area contributed by atoms with Crippen LogP contribution in [0.1, 0.15) is 24.8 Å². The van der Waals surface area contributed by atoms with E-state index in [0.29, 0.717) is 25.7 Å². The van der Waals surface area contributed by atoms with Gasteiger partial charge in [0.1, 0.15) is 5.82 Å². The largest absolute Gasteiger partial charge is 0.377 e. The Morgan fingerprint density at radius 3 is 2.88 bits per heavy atom. The Bertz CT molecular complexity index is 691. The lowest BCUT2D eigenvalue weighted by molar-refractivity contribution is 0.0200. The third-order valence-corrected chi connectivity index (χ3v) is 5.39. The molecule has 1 atom stereocenters. The van der Waals surface area contributed by atoms with Gasteiger partial charge in [0.2, 0.25) is 10.0 Å². The van der Waals surface area contributed by atoms with Crippen LogP contribution in [-0.2, 0) is 21.3 Å². The van der Waals surface area contributed by atoms with Crippen molar-refractivity contribution in [1.29, 1.82) is 0 Å². The summed E-state index contributed by atoms with van der Waals surface area (Å²) in [5, 5.41) is 5.96. The van der Waals surface area contributed by atoms with Gasteiger partial charge >= 0.3 is 0 Å². The number of rotatable bonds is 8. The maximum Gasteiger partial charge on any atom is 0.213 e. The lowest BCUT2D eigenvalue weighted by Crippen LogP contribution is -2.42. The molecule has 0 saturated carbocycles. The smallest absolute Gasteiger partial charge is 0.213 e. The second kappa shape index (κ2) is 10.4. The molecular formula is C17H27FN4O3S. The number of hydrogen-bond donors (Lipinski definition) is 3. The third kappa shape index (κ3) is 7.67. The Labute approximate surface area is 154 Å². The van der Waals surface area contributed by atoms with Gasteiger partial charge in [0.15, 0.2) is 5.96 Å². The summed E-state index contributed by atoms with van der Waals surface area (Å²) < 4.78 is 45.4. The molecule has 3 N–H and O–H groups in total. The van der Waals surface area contributed by atoms with Crippen LogP contribution in [0.25, 0.3) is 0 Å². The Hall–Kier alpha value is -1.71. The monoisotopic (exact) mass is 386 g/mol. The zero-order chi connectivity index (χ0) is 18.8. The normalized spacial score (nSPS) is 18.5. The first-order valence-corrected chi connectivity index (χ1v) is 10.4. The molecule has 1 heterocycles. The van der Waals surface area contributed by atoms with Crippen molar-refractivity contribution in [2.75, 3.05) is 32.5 Å². The van der Waals surface area contributed by atoms with Crippen molar-refractivity contribution in [3.8, 4) is 0 Å². The fourth-order valence-corrected chi connectivity index (χ4v) is 3.57. The third-order valence-electron chi connectivity index (χ3n) is 4.04. The molecule has 7 nitrogen and oxygen atoms in total. The van der Waals surface area contributed by atoms with E-state index in [1.165, 1.54) is 12.1 Å². The minimum absolute atomic E-state index is 0.0350. The quantitative estimate of drug-likeness (QED) is 0.458. The number of guanidine groups is 1. The molecule has 1 fully saturated rings. The fraction of sp³-hybridized carbons (Fsp3) is 0.588. The number of ether oxygens (including phenoxy) is 1. The van der Waals surface area contributed by atoms with Gasteiger partial charge in [0.25, 0.3) is 0 Å². The van der Waals surface area contributed by atoms with E-state index < -0.39 is 10.0 Å². The van der Waals surface area contributed by atoms with Crippen LogP contribution in [-0.4, -0.2) is 53.0 Å². The average Bonchev–Trinajstić information content (AvgIpc) is 2.64. The summed E-state index contributed by atoms with van der Waals surface area (Å²) >= 11 is 0. The highest BCUT2D eigenvalue weighted by molar-refractivity contribution is 7.89. The number of aliphatic imine (C=N–C) groups is 1. The van der Waals surface area contributed by atoms with Gasteiger partial charge in [-0.3, -0.25) is 4.99 Å². The van der Waals surface area contributed by atoms with Crippen molar-refractivity contribution >= 4 is 16.0 Å². The Morgan fingerprint density at radius 2 is 2.19 bits per heavy atom. The van der Waals surface area contributed by atoms with Crippen LogP contribution in [0.3, 0.4) is 0 Å². The molecule has 0 bridgehead atoms. The Balaban J connectivity index is 1.68. The molecule has 9 heteroatoms. The summed E-state index contributed by atoms with van der Waals surface area (Å²) in [6.45, 7) is 1.61. The lowest BCUT2D eigenvalue weighted by atomic mass is 10.1. The first kappa shape index (κ1) is 20.6. The molecule has 26 heavy (non-hydrogen) atoms. The molecule has 0 radical (unpaired) electrons. The molecule has 1 aliphatic heterocycles. The molecule has 0 amide bonds. The molecule has 1 aromatic rings. The first-order chi connectivity index (χ1) is 12.5. The van der Waals surface area contributed by atoms with Crippen LogP contribution < -0.4 is 15.4 Å². The number of halogens is 1. The number of benzene rings is 1. The van der Waals surface area contributed by atoms with Crippen LogP contribution in [0.2, 0.25) is 0 Å². The molecule has 1 aliphatic rings. The highest BCUT2D eigenvalue weighted by Gasteiger charge is 2.17. The summed E-state index contributed by atoms with van der Waals surface area (Å²) in [6, 6.07) is 6.25. The predicted molar refractivity (Wildman–Crippen MR) is 100.0 cm³/mol. The van der Waals surface area contributed by atoms with Gasteiger partial charge in [-0.25, -0.2) is 17.5 Å². The lowest BCUT2D eigenvalue weighted by Gasteiger charge is -2.22. The number of nitrogens with one attached hydrogen (secondary N) is 3. The van der Waals surface area contributed by atoms with E-state index in [0.717, 1.165) is 24.8 Å². The Morgan fingerprint density at radius 1 is 1.35 bits per heavy atom. The molecule has 1 unspecified atom stereocenters. The van der Waals surface area contributed by atoms with Gasteiger partial charge in [-0.2, -0.15) is 0 Å². The number of hydrogen-bond acceptors (Lipinski definition) is 4. The van der Waals surface area contributed by atoms with Crippen molar-refractivity contribution in [3.05, 3.63) is 35.6 Å². The number of sulfonamides is 1. The van der Waals surface area contributed by atoms with E-state index in [2.05, 4.69) is 20.3 Å². The molecule has 2 rings (SSSR count). The summed E-state index contributed by atoms with van der Waals surface area (Å²) in [7, 11) is -1.79. The highest BCUT2D eigenvalue weighted by Crippen LogP contribution is 2.11. The standard InChI is InChI=1S/C17H27FN4O3S/c1-19-17(21-12-14-5-4-6-15(18)11-14)20-8-10-26(23,24)22-13-16-7-2-3-9-25-16/h4-6,11,16,22H,2-3,7-10,12-13H2,1H3,(H2,19,20,21). The highest BCUT2D eigenvalue weighted by atomic mass is 32.2. The van der Waals surface area contributed by atoms with Crippen molar-refractivity contribution < 1.29 is 17.5 Å². The summed E-state index contributed by atoms with van der Waals surface area (Å²) in [5.74, 6) is 0.0897. The molecule has 146 valence electrons. The zero-order valence-corrected chi connectivity index (χ0v) is 15.8. The topological polar surface area (TPSA) is 91.8 Å². The molecule has 1 aromatic carbocycles. The Kier molecular flexibility index (Phi) is 8.27. The minimum atomic E-state index is -3.38. The van der Waals surface area contributed by atoms with E-state index in [4.69, 9.17) is 4.74 Å². The molecule has 0 aromatic heterocycles. The summed E-state index contributed by atoms with van der Waals surface area (Å²) in [4.78, 5) is 4.03. The average molecular weight is 386 g/mol. The maximum atomic E-state index is 13.2. The van der Waals surface area contributed by atoms with Gasteiger partial charge in [-0.15, -0.1) is 0 Å². The zero-order valence-electron chi connectivity index (χ0n) is 15.0. The van der Waals surface area contributed by atoms with Gasteiger partial charge in [-0.1, -0.05) is 12.1 Å². The molecule has 0 spiro atoms. The summed E-state index contributed by atoms with van der Waals surface area (Å²) in [6.07, 6.45) is 2.96. The van der Waals surface area contributed by atoms with Crippen LogP contribution in [0.4, 0.5) is 4.39 Å². The molecule has 1 saturated heterocycles. The first-order valence-electron chi connectivity index (χ1n) is 8.76. The second-order valence-corrected chi connectivity index (χ2v) is 8.06. The number of nitrogens with zero attached hydrogens (tertiary/aromatic N) is 1. The van der Waals surface area contributed by atoms with Crippen LogP contribution in [0.15, 0.2) is 29.3 Å². The maximum absolute atomic E-state index is 13.2. The fourth-order valence-electron chi connectivity index (χ4n) is 2.62. The van der Waals surface area contributed by atoms with Gasteiger partial charge in [-0.05, 0) is 37.0 Å². The minimum Gasteiger partial charge on any atom is -0.377 e. The van der Waals surface area contributed by atoms with Crippen molar-refractivity contribution in [3.63, 3.8) is 0 Å². The second-order valence-electron chi connectivity index (χ2n) is 6.14. The SMILES string of the molecule is CN=C(NCCS(=O)(=O)NCC1CCCCO1)NCc1cccc(F)c1. The van der Waals surface area contributed by atoms with Crippen molar-refractivity contribution in [2.45, 2.75) is 31.9 Å². The van der Waals surface area contributed by atoms with Crippen LogP contribution >= 0.6 is 0 Å². The van der Waals surface area contributed by atoms with Crippen molar-refractivity contribution in [1.82, 2.24) is 15.4 Å². The summed E-state index contributed by atoms with van der Waals surface area (Å²) in [5.41, 5.74) is 0.773. The van der Waals surface area contributed by atoms with E-state index in [1.807, 2.05) is 0 Å². The van der Waals surface area contributed by atoms with Crippen LogP contribution in [0.5, 0.6) is 0 Å². The van der Waals surface area contributed by atoms with E-state index >= 15 is 0 Å². The molecular weight excluding hydrogens is 359 g/mol. The van der Waals surface area contributed by atoms with Crippen molar-refractivity contribution in [2.24, 2.45) is 4.99 Å². The van der Waals surface area contributed by atoms with Gasteiger partial charge < -0.3 is 15.4 Å².